The van der Waals surface area contributed by atoms with Crippen LogP contribution < -0.4 is 0 Å². The quantitative estimate of drug-likeness (QED) is 0.784. The highest BCUT2D eigenvalue weighted by molar-refractivity contribution is 7.17. The molecule has 0 aliphatic rings. The summed E-state index contributed by atoms with van der Waals surface area (Å²) in [6.07, 6.45) is 4.71. The Kier molecular flexibility index (Phi) is 2.89. The van der Waals surface area contributed by atoms with Gasteiger partial charge in [-0.1, -0.05) is 29.8 Å². The minimum Gasteiger partial charge on any atom is -0.390 e. The molecule has 2 aromatic heterocycles. The largest absolute Gasteiger partial charge is 0.390 e. The van der Waals surface area contributed by atoms with Crippen LogP contribution in [0.25, 0.3) is 4.96 Å². The Morgan fingerprint density at radius 3 is 2.78 bits per heavy atom. The summed E-state index contributed by atoms with van der Waals surface area (Å²) in [4.78, 5) is 6.49. The minimum atomic E-state index is 0.0296. The van der Waals surface area contributed by atoms with E-state index in [0.717, 1.165) is 17.1 Å². The van der Waals surface area contributed by atoms with Crippen molar-refractivity contribution in [3.63, 3.8) is 0 Å². The first-order valence-electron chi connectivity index (χ1n) is 5.87. The maximum absolute atomic E-state index is 9.20. The number of hydrogen-bond donors (Lipinski definition) is 1. The number of fused-ring (bicyclic) bond motifs is 1. The lowest BCUT2D eigenvalue weighted by molar-refractivity contribution is 0.276. The number of aryl methyl sites for hydroxylation is 1. The minimum absolute atomic E-state index is 0.0296. The zero-order chi connectivity index (χ0) is 12.5. The van der Waals surface area contributed by atoms with Crippen molar-refractivity contribution in [3.05, 3.63) is 58.4 Å². The molecule has 0 aliphatic carbocycles. The highest BCUT2D eigenvalue weighted by atomic mass is 32.1. The van der Waals surface area contributed by atoms with Crippen LogP contribution in [0.5, 0.6) is 0 Å². The van der Waals surface area contributed by atoms with Crippen molar-refractivity contribution < 1.29 is 5.11 Å². The highest BCUT2D eigenvalue weighted by Gasteiger charge is 2.07. The summed E-state index contributed by atoms with van der Waals surface area (Å²) < 4.78 is 1.97. The molecule has 0 fully saturated rings. The number of imidazole rings is 1. The topological polar surface area (TPSA) is 37.5 Å². The fraction of sp³-hybridized carbons (Fsp3) is 0.214. The van der Waals surface area contributed by atoms with Crippen molar-refractivity contribution >= 4 is 16.3 Å². The highest BCUT2D eigenvalue weighted by Crippen LogP contribution is 2.21. The van der Waals surface area contributed by atoms with Crippen molar-refractivity contribution in [2.75, 3.05) is 0 Å². The smallest absolute Gasteiger partial charge is 0.194 e. The van der Waals surface area contributed by atoms with E-state index in [2.05, 4.69) is 42.4 Å². The van der Waals surface area contributed by atoms with Crippen molar-refractivity contribution in [1.82, 2.24) is 9.38 Å². The molecule has 4 heteroatoms. The number of benzene rings is 1. The molecule has 0 radical (unpaired) electrons. The number of aromatic nitrogens is 2. The van der Waals surface area contributed by atoms with E-state index in [9.17, 15) is 5.11 Å². The van der Waals surface area contributed by atoms with Gasteiger partial charge in [-0.2, -0.15) is 0 Å². The van der Waals surface area contributed by atoms with E-state index in [1.165, 1.54) is 16.0 Å². The van der Waals surface area contributed by atoms with Gasteiger partial charge in [0.2, 0.25) is 0 Å². The second kappa shape index (κ2) is 4.55. The summed E-state index contributed by atoms with van der Waals surface area (Å²) in [5, 5.41) is 9.20. The number of nitrogens with zero attached hydrogens (tertiary/aromatic N) is 2. The first kappa shape index (κ1) is 11.4. The second-order valence-corrected chi connectivity index (χ2v) is 5.51. The molecule has 18 heavy (non-hydrogen) atoms. The van der Waals surface area contributed by atoms with Gasteiger partial charge < -0.3 is 5.11 Å². The molecule has 2 heterocycles. The van der Waals surface area contributed by atoms with E-state index < -0.39 is 0 Å². The van der Waals surface area contributed by atoms with Gasteiger partial charge in [0, 0.05) is 17.5 Å². The molecule has 0 spiro atoms. The summed E-state index contributed by atoms with van der Waals surface area (Å²) in [5.74, 6) is 0. The van der Waals surface area contributed by atoms with Crippen molar-refractivity contribution in [2.45, 2.75) is 20.0 Å². The molecule has 3 aromatic rings. The Balaban J connectivity index is 1.90. The summed E-state index contributed by atoms with van der Waals surface area (Å²) in [5.41, 5.74) is 3.43. The maximum Gasteiger partial charge on any atom is 0.194 e. The fourth-order valence-corrected chi connectivity index (χ4v) is 2.99. The van der Waals surface area contributed by atoms with E-state index in [4.69, 9.17) is 0 Å². The predicted octanol–water partition coefficient (Wildman–Crippen LogP) is 2.79. The van der Waals surface area contributed by atoms with Gasteiger partial charge in [0.15, 0.2) is 4.96 Å². The lowest BCUT2D eigenvalue weighted by Gasteiger charge is -1.98. The summed E-state index contributed by atoms with van der Waals surface area (Å²) in [6, 6.07) is 8.58. The van der Waals surface area contributed by atoms with Crippen LogP contribution in [0.2, 0.25) is 0 Å². The normalized spacial score (nSPS) is 11.2. The Labute approximate surface area is 109 Å². The third kappa shape index (κ3) is 2.05. The van der Waals surface area contributed by atoms with E-state index >= 15 is 0 Å². The molecule has 0 saturated heterocycles. The van der Waals surface area contributed by atoms with Crippen molar-refractivity contribution in [3.8, 4) is 0 Å². The first-order valence-corrected chi connectivity index (χ1v) is 6.69. The molecular weight excluding hydrogens is 244 g/mol. The first-order chi connectivity index (χ1) is 8.76. The van der Waals surface area contributed by atoms with Gasteiger partial charge in [0.25, 0.3) is 0 Å². The van der Waals surface area contributed by atoms with E-state index in [-0.39, 0.29) is 6.61 Å². The fourth-order valence-electron chi connectivity index (χ4n) is 1.98. The number of rotatable bonds is 3. The molecule has 0 bridgehead atoms. The third-order valence-electron chi connectivity index (χ3n) is 3.00. The lowest BCUT2D eigenvalue weighted by Crippen LogP contribution is -1.89. The van der Waals surface area contributed by atoms with E-state index in [1.807, 2.05) is 4.40 Å². The number of aliphatic hydroxyl groups excluding tert-OH is 1. The van der Waals surface area contributed by atoms with Gasteiger partial charge in [-0.05, 0) is 12.5 Å². The Morgan fingerprint density at radius 1 is 1.28 bits per heavy atom. The van der Waals surface area contributed by atoms with E-state index in [0.29, 0.717) is 0 Å². The molecule has 0 amide bonds. The van der Waals surface area contributed by atoms with Crippen LogP contribution in [0, 0.1) is 6.92 Å². The Bertz CT molecular complexity index is 667. The molecule has 3 rings (SSSR count). The SMILES string of the molecule is Cc1ccc(Cc2cn3c(CO)cnc3s2)cc1. The zero-order valence-electron chi connectivity index (χ0n) is 10.1. The van der Waals surface area contributed by atoms with Crippen LogP contribution in [0.3, 0.4) is 0 Å². The maximum atomic E-state index is 9.20. The predicted molar refractivity (Wildman–Crippen MR) is 73.0 cm³/mol. The summed E-state index contributed by atoms with van der Waals surface area (Å²) in [6.45, 7) is 2.12. The molecule has 0 saturated carbocycles. The van der Waals surface area contributed by atoms with Gasteiger partial charge in [-0.25, -0.2) is 4.98 Å². The number of thiazole rings is 1. The van der Waals surface area contributed by atoms with Gasteiger partial charge in [0.05, 0.1) is 18.5 Å². The molecule has 0 unspecified atom stereocenters. The molecule has 92 valence electrons. The van der Waals surface area contributed by atoms with Crippen LogP contribution in [0.15, 0.2) is 36.7 Å². The van der Waals surface area contributed by atoms with Crippen LogP contribution in [0.4, 0.5) is 0 Å². The van der Waals surface area contributed by atoms with Crippen LogP contribution in [-0.2, 0) is 13.0 Å². The van der Waals surface area contributed by atoms with Crippen LogP contribution >= 0.6 is 11.3 Å². The molecule has 1 N–H and O–H groups in total. The Morgan fingerprint density at radius 2 is 2.06 bits per heavy atom. The van der Waals surface area contributed by atoms with Crippen molar-refractivity contribution in [1.29, 1.82) is 0 Å². The monoisotopic (exact) mass is 258 g/mol. The number of aliphatic hydroxyl groups is 1. The van der Waals surface area contributed by atoms with E-state index in [1.54, 1.807) is 17.5 Å². The summed E-state index contributed by atoms with van der Waals surface area (Å²) in [7, 11) is 0. The zero-order valence-corrected chi connectivity index (χ0v) is 10.9. The standard InChI is InChI=1S/C14H14N2OS/c1-10-2-4-11(5-3-10)6-13-8-16-12(9-17)7-15-14(16)18-13/h2-5,7-8,17H,6,9H2,1H3. The molecule has 0 aliphatic heterocycles. The van der Waals surface area contributed by atoms with Crippen LogP contribution in [0.1, 0.15) is 21.7 Å². The molecular formula is C14H14N2OS. The van der Waals surface area contributed by atoms with Gasteiger partial charge in [-0.15, -0.1) is 11.3 Å². The molecule has 0 atom stereocenters. The average Bonchev–Trinajstić information content (AvgIpc) is 2.91. The second-order valence-electron chi connectivity index (χ2n) is 4.42. The van der Waals surface area contributed by atoms with Crippen LogP contribution in [-0.4, -0.2) is 14.5 Å². The molecule has 1 aromatic carbocycles. The van der Waals surface area contributed by atoms with Crippen molar-refractivity contribution in [2.24, 2.45) is 0 Å². The van der Waals surface area contributed by atoms with Gasteiger partial charge >= 0.3 is 0 Å². The molecule has 3 nitrogen and oxygen atoms in total. The third-order valence-corrected chi connectivity index (χ3v) is 3.99. The van der Waals surface area contributed by atoms with Gasteiger partial charge in [-0.3, -0.25) is 4.40 Å². The lowest BCUT2D eigenvalue weighted by atomic mass is 10.1. The Hall–Kier alpha value is -1.65. The average molecular weight is 258 g/mol. The van der Waals surface area contributed by atoms with Gasteiger partial charge in [0.1, 0.15) is 0 Å². The number of hydrogen-bond acceptors (Lipinski definition) is 3. The summed E-state index contributed by atoms with van der Waals surface area (Å²) >= 11 is 1.67.